The molecule has 0 bridgehead atoms. The summed E-state index contributed by atoms with van der Waals surface area (Å²) in [5.74, 6) is 0.851. The largest absolute Gasteiger partial charge is 0.337 e. The predicted molar refractivity (Wildman–Crippen MR) is 69.2 cm³/mol. The van der Waals surface area contributed by atoms with E-state index in [4.69, 9.17) is 11.6 Å². The average Bonchev–Trinajstić information content (AvgIpc) is 2.84. The predicted octanol–water partition coefficient (Wildman–Crippen LogP) is 4.25. The molecule has 0 aliphatic rings. The van der Waals surface area contributed by atoms with Gasteiger partial charge in [-0.15, -0.1) is 11.3 Å². The number of imidazole rings is 1. The van der Waals surface area contributed by atoms with Crippen molar-refractivity contribution in [2.24, 2.45) is 0 Å². The fourth-order valence-corrected chi connectivity index (χ4v) is 2.88. The SMILES string of the molecule is Cc1csc(-c2nc3ccccc3[nH]2)c1Cl. The summed E-state index contributed by atoms with van der Waals surface area (Å²) in [4.78, 5) is 8.82. The second kappa shape index (κ2) is 3.61. The maximum atomic E-state index is 6.22. The molecule has 0 aliphatic carbocycles. The van der Waals surface area contributed by atoms with Crippen molar-refractivity contribution in [2.75, 3.05) is 0 Å². The van der Waals surface area contributed by atoms with Crippen LogP contribution in [0.1, 0.15) is 5.56 Å². The highest BCUT2D eigenvalue weighted by molar-refractivity contribution is 7.14. The first-order valence-electron chi connectivity index (χ1n) is 4.94. The van der Waals surface area contributed by atoms with Crippen LogP contribution in [0, 0.1) is 6.92 Å². The van der Waals surface area contributed by atoms with E-state index in [-0.39, 0.29) is 0 Å². The third-order valence-corrected chi connectivity index (χ3v) is 4.21. The Bertz CT molecular complexity index is 621. The topological polar surface area (TPSA) is 28.7 Å². The van der Waals surface area contributed by atoms with Gasteiger partial charge in [0.05, 0.1) is 20.9 Å². The molecule has 16 heavy (non-hydrogen) atoms. The van der Waals surface area contributed by atoms with Crippen LogP contribution in [0.25, 0.3) is 21.7 Å². The van der Waals surface area contributed by atoms with Gasteiger partial charge in [0.15, 0.2) is 0 Å². The number of aromatic nitrogens is 2. The van der Waals surface area contributed by atoms with Crippen molar-refractivity contribution < 1.29 is 0 Å². The first-order valence-corrected chi connectivity index (χ1v) is 6.20. The van der Waals surface area contributed by atoms with Crippen molar-refractivity contribution in [3.05, 3.63) is 40.2 Å². The fraction of sp³-hybridized carbons (Fsp3) is 0.0833. The van der Waals surface area contributed by atoms with Crippen LogP contribution in [0.4, 0.5) is 0 Å². The summed E-state index contributed by atoms with van der Waals surface area (Å²) in [5.41, 5.74) is 3.11. The van der Waals surface area contributed by atoms with E-state index in [9.17, 15) is 0 Å². The number of rotatable bonds is 1. The van der Waals surface area contributed by atoms with Gasteiger partial charge in [0.25, 0.3) is 0 Å². The third-order valence-electron chi connectivity index (χ3n) is 2.50. The molecule has 0 atom stereocenters. The highest BCUT2D eigenvalue weighted by Crippen LogP contribution is 2.35. The van der Waals surface area contributed by atoms with Crippen molar-refractivity contribution >= 4 is 34.0 Å². The quantitative estimate of drug-likeness (QED) is 0.685. The second-order valence-electron chi connectivity index (χ2n) is 3.66. The summed E-state index contributed by atoms with van der Waals surface area (Å²) >= 11 is 7.84. The van der Waals surface area contributed by atoms with E-state index >= 15 is 0 Å². The molecule has 0 fully saturated rings. The molecule has 80 valence electrons. The smallest absolute Gasteiger partial charge is 0.150 e. The molecule has 2 heterocycles. The van der Waals surface area contributed by atoms with Crippen LogP contribution in [0.3, 0.4) is 0 Å². The molecule has 0 saturated heterocycles. The number of nitrogens with zero attached hydrogens (tertiary/aromatic N) is 1. The lowest BCUT2D eigenvalue weighted by atomic mass is 10.3. The lowest BCUT2D eigenvalue weighted by Gasteiger charge is -1.92. The molecular weight excluding hydrogens is 240 g/mol. The van der Waals surface area contributed by atoms with Gasteiger partial charge in [0.1, 0.15) is 5.82 Å². The Morgan fingerprint density at radius 2 is 2.12 bits per heavy atom. The standard InChI is InChI=1S/C12H9ClN2S/c1-7-6-16-11(10(7)13)12-14-8-4-2-3-5-9(8)15-12/h2-6H,1H3,(H,14,15). The van der Waals surface area contributed by atoms with Crippen LogP contribution in [-0.2, 0) is 0 Å². The van der Waals surface area contributed by atoms with Crippen LogP contribution in [-0.4, -0.2) is 9.97 Å². The zero-order chi connectivity index (χ0) is 11.1. The molecule has 1 aromatic carbocycles. The van der Waals surface area contributed by atoms with Gasteiger partial charge in [0.2, 0.25) is 0 Å². The lowest BCUT2D eigenvalue weighted by Crippen LogP contribution is -1.76. The van der Waals surface area contributed by atoms with Gasteiger partial charge in [-0.3, -0.25) is 0 Å². The Hall–Kier alpha value is -1.32. The lowest BCUT2D eigenvalue weighted by molar-refractivity contribution is 1.35. The molecule has 2 aromatic heterocycles. The zero-order valence-electron chi connectivity index (χ0n) is 8.62. The van der Waals surface area contributed by atoms with E-state index in [1.54, 1.807) is 11.3 Å². The third kappa shape index (κ3) is 1.44. The summed E-state index contributed by atoms with van der Waals surface area (Å²) in [6.45, 7) is 2.00. The first-order chi connectivity index (χ1) is 7.75. The first kappa shape index (κ1) is 9.87. The van der Waals surface area contributed by atoms with Gasteiger partial charge in [-0.05, 0) is 30.0 Å². The molecule has 3 aromatic rings. The minimum absolute atomic E-state index is 0.795. The molecular formula is C12H9ClN2S. The van der Waals surface area contributed by atoms with Gasteiger partial charge in [-0.2, -0.15) is 0 Å². The number of hydrogen-bond acceptors (Lipinski definition) is 2. The van der Waals surface area contributed by atoms with Gasteiger partial charge in [0, 0.05) is 0 Å². The van der Waals surface area contributed by atoms with E-state index in [0.717, 1.165) is 32.3 Å². The average molecular weight is 249 g/mol. The number of nitrogens with one attached hydrogen (secondary N) is 1. The number of hydrogen-bond donors (Lipinski definition) is 1. The molecule has 4 heteroatoms. The van der Waals surface area contributed by atoms with E-state index in [2.05, 4.69) is 9.97 Å². The molecule has 0 unspecified atom stereocenters. The van der Waals surface area contributed by atoms with Gasteiger partial charge in [-0.25, -0.2) is 4.98 Å². The molecule has 0 amide bonds. The van der Waals surface area contributed by atoms with E-state index < -0.39 is 0 Å². The van der Waals surface area contributed by atoms with Crippen LogP contribution >= 0.6 is 22.9 Å². The number of thiophene rings is 1. The van der Waals surface area contributed by atoms with Crippen LogP contribution in [0.15, 0.2) is 29.6 Å². The molecule has 2 nitrogen and oxygen atoms in total. The highest BCUT2D eigenvalue weighted by Gasteiger charge is 2.12. The van der Waals surface area contributed by atoms with E-state index in [0.29, 0.717) is 0 Å². The van der Waals surface area contributed by atoms with E-state index in [1.165, 1.54) is 0 Å². The van der Waals surface area contributed by atoms with Crippen molar-refractivity contribution in [3.63, 3.8) is 0 Å². The van der Waals surface area contributed by atoms with Gasteiger partial charge >= 0.3 is 0 Å². The van der Waals surface area contributed by atoms with Crippen molar-refractivity contribution in [3.8, 4) is 10.7 Å². The minimum atomic E-state index is 0.795. The number of H-pyrrole nitrogens is 1. The van der Waals surface area contributed by atoms with E-state index in [1.807, 2.05) is 36.6 Å². The Balaban J connectivity index is 2.23. The summed E-state index contributed by atoms with van der Waals surface area (Å²) in [6, 6.07) is 7.98. The Kier molecular flexibility index (Phi) is 2.23. The number of para-hydroxylation sites is 2. The summed E-state index contributed by atoms with van der Waals surface area (Å²) < 4.78 is 0. The number of fused-ring (bicyclic) bond motifs is 1. The number of aryl methyl sites for hydroxylation is 1. The van der Waals surface area contributed by atoms with Crippen LogP contribution in [0.2, 0.25) is 5.02 Å². The molecule has 0 aliphatic heterocycles. The van der Waals surface area contributed by atoms with Crippen LogP contribution in [0.5, 0.6) is 0 Å². The maximum Gasteiger partial charge on any atom is 0.150 e. The van der Waals surface area contributed by atoms with Gasteiger partial charge in [-0.1, -0.05) is 23.7 Å². The van der Waals surface area contributed by atoms with Crippen molar-refractivity contribution in [1.82, 2.24) is 9.97 Å². The number of aromatic amines is 1. The zero-order valence-corrected chi connectivity index (χ0v) is 10.2. The molecule has 0 radical (unpaired) electrons. The minimum Gasteiger partial charge on any atom is -0.337 e. The molecule has 0 saturated carbocycles. The van der Waals surface area contributed by atoms with Crippen molar-refractivity contribution in [2.45, 2.75) is 6.92 Å². The fourth-order valence-electron chi connectivity index (χ4n) is 1.65. The second-order valence-corrected chi connectivity index (χ2v) is 4.92. The summed E-state index contributed by atoms with van der Waals surface area (Å²) in [7, 11) is 0. The Morgan fingerprint density at radius 3 is 2.81 bits per heavy atom. The Morgan fingerprint density at radius 1 is 1.31 bits per heavy atom. The Labute approximate surface area is 102 Å². The summed E-state index contributed by atoms with van der Waals surface area (Å²) in [5, 5.41) is 2.84. The summed E-state index contributed by atoms with van der Waals surface area (Å²) in [6.07, 6.45) is 0. The molecule has 0 spiro atoms. The number of benzene rings is 1. The molecule has 1 N–H and O–H groups in total. The monoisotopic (exact) mass is 248 g/mol. The normalized spacial score (nSPS) is 11.1. The molecule has 3 rings (SSSR count). The highest BCUT2D eigenvalue weighted by atomic mass is 35.5. The van der Waals surface area contributed by atoms with Crippen LogP contribution < -0.4 is 0 Å². The maximum absolute atomic E-state index is 6.22. The number of halogens is 1. The van der Waals surface area contributed by atoms with Crippen molar-refractivity contribution in [1.29, 1.82) is 0 Å². The van der Waals surface area contributed by atoms with Gasteiger partial charge < -0.3 is 4.98 Å².